The van der Waals surface area contributed by atoms with Gasteiger partial charge in [-0.05, 0) is 35.2 Å². The number of nitrogens with zero attached hydrogens (tertiary/aromatic N) is 2. The smallest absolute Gasteiger partial charge is 0.310 e. The second-order valence-corrected chi connectivity index (χ2v) is 11.3. The first-order chi connectivity index (χ1) is 18.0. The first-order valence-electron chi connectivity index (χ1n) is 12.4. The van der Waals surface area contributed by atoms with Crippen molar-refractivity contribution in [3.05, 3.63) is 59.2 Å². The van der Waals surface area contributed by atoms with Gasteiger partial charge >= 0.3 is 5.97 Å². The lowest BCUT2D eigenvalue weighted by Crippen LogP contribution is -2.61. The SMILES string of the molecule is COC(=O)Cc1cc(S(=O)(=O)N2CCN(C(C)=O)CC2C(=O)NCc2ccc(C(C)C)cc2)ccc1OC. The fourth-order valence-corrected chi connectivity index (χ4v) is 5.92. The van der Waals surface area contributed by atoms with Gasteiger partial charge in [0.2, 0.25) is 21.8 Å². The maximum atomic E-state index is 13.7. The van der Waals surface area contributed by atoms with Crippen molar-refractivity contribution in [2.24, 2.45) is 0 Å². The number of benzene rings is 2. The molecule has 0 aromatic heterocycles. The summed E-state index contributed by atoms with van der Waals surface area (Å²) in [7, 11) is -1.51. The molecule has 2 aromatic rings. The zero-order valence-electron chi connectivity index (χ0n) is 22.4. The number of nitrogens with one attached hydrogen (secondary N) is 1. The van der Waals surface area contributed by atoms with Crippen LogP contribution in [0, 0.1) is 0 Å². The van der Waals surface area contributed by atoms with Crippen molar-refractivity contribution in [3.8, 4) is 5.75 Å². The minimum Gasteiger partial charge on any atom is -0.496 e. The summed E-state index contributed by atoms with van der Waals surface area (Å²) in [6.45, 7) is 5.82. The quantitative estimate of drug-likeness (QED) is 0.479. The van der Waals surface area contributed by atoms with Crippen molar-refractivity contribution >= 4 is 27.8 Å². The van der Waals surface area contributed by atoms with Gasteiger partial charge in [0.05, 0.1) is 25.5 Å². The minimum absolute atomic E-state index is 0.0541. The molecule has 1 N–H and O–H groups in total. The third kappa shape index (κ3) is 6.70. The van der Waals surface area contributed by atoms with Gasteiger partial charge in [-0.3, -0.25) is 14.4 Å². The average Bonchev–Trinajstić information content (AvgIpc) is 2.91. The number of carbonyl (C=O) groups is 3. The largest absolute Gasteiger partial charge is 0.496 e. The fraction of sp³-hybridized carbons (Fsp3) is 0.444. The maximum absolute atomic E-state index is 13.7. The molecule has 1 atom stereocenters. The fourth-order valence-electron chi connectivity index (χ4n) is 4.30. The lowest BCUT2D eigenvalue weighted by Gasteiger charge is -2.39. The molecule has 0 bridgehead atoms. The molecule has 3 rings (SSSR count). The van der Waals surface area contributed by atoms with E-state index in [-0.39, 0.29) is 43.4 Å². The molecule has 0 radical (unpaired) electrons. The third-order valence-corrected chi connectivity index (χ3v) is 8.52. The van der Waals surface area contributed by atoms with E-state index in [4.69, 9.17) is 9.47 Å². The third-order valence-electron chi connectivity index (χ3n) is 6.61. The molecule has 11 heteroatoms. The Morgan fingerprint density at radius 1 is 1.05 bits per heavy atom. The molecule has 0 aliphatic carbocycles. The second kappa shape index (κ2) is 12.4. The highest BCUT2D eigenvalue weighted by Crippen LogP contribution is 2.28. The Kier molecular flexibility index (Phi) is 9.50. The summed E-state index contributed by atoms with van der Waals surface area (Å²) in [5.41, 5.74) is 2.39. The number of sulfonamides is 1. The summed E-state index contributed by atoms with van der Waals surface area (Å²) in [6, 6.07) is 10.9. The van der Waals surface area contributed by atoms with Gasteiger partial charge in [0.15, 0.2) is 0 Å². The second-order valence-electron chi connectivity index (χ2n) is 9.44. The Morgan fingerprint density at radius 3 is 2.32 bits per heavy atom. The summed E-state index contributed by atoms with van der Waals surface area (Å²) >= 11 is 0. The molecular formula is C27H35N3O7S. The van der Waals surface area contributed by atoms with E-state index in [1.807, 2.05) is 24.3 Å². The van der Waals surface area contributed by atoms with Crippen LogP contribution in [-0.4, -0.2) is 75.3 Å². The number of ether oxygens (including phenoxy) is 2. The minimum atomic E-state index is -4.17. The molecular weight excluding hydrogens is 510 g/mol. The zero-order valence-corrected chi connectivity index (χ0v) is 23.2. The average molecular weight is 546 g/mol. The van der Waals surface area contributed by atoms with Crippen LogP contribution in [0.25, 0.3) is 0 Å². The maximum Gasteiger partial charge on any atom is 0.310 e. The van der Waals surface area contributed by atoms with E-state index in [1.165, 1.54) is 49.8 Å². The molecule has 1 heterocycles. The monoisotopic (exact) mass is 545 g/mol. The number of hydrogen-bond donors (Lipinski definition) is 1. The van der Waals surface area contributed by atoms with Crippen molar-refractivity contribution in [2.45, 2.75) is 50.6 Å². The van der Waals surface area contributed by atoms with Crippen LogP contribution < -0.4 is 10.1 Å². The normalized spacial score (nSPS) is 16.3. The molecule has 10 nitrogen and oxygen atoms in total. The molecule has 1 fully saturated rings. The van der Waals surface area contributed by atoms with Crippen LogP contribution in [0.5, 0.6) is 5.75 Å². The Labute approximate surface area is 223 Å². The standard InChI is InChI=1S/C27H35N3O7S/c1-18(2)21-8-6-20(7-9-21)16-28-27(33)24-17-29(19(3)31)12-13-30(24)38(34,35)23-10-11-25(36-4)22(14-23)15-26(32)37-5/h6-11,14,18,24H,12-13,15-17H2,1-5H3,(H,28,33). The van der Waals surface area contributed by atoms with Crippen LogP contribution in [-0.2, 0) is 42.1 Å². The summed E-state index contributed by atoms with van der Waals surface area (Å²) in [5.74, 6) is -0.576. The molecule has 1 aliphatic heterocycles. The summed E-state index contributed by atoms with van der Waals surface area (Å²) < 4.78 is 38.6. The van der Waals surface area contributed by atoms with Gasteiger partial charge in [0, 0.05) is 38.7 Å². The highest BCUT2D eigenvalue weighted by molar-refractivity contribution is 7.89. The highest BCUT2D eigenvalue weighted by atomic mass is 32.2. The first-order valence-corrected chi connectivity index (χ1v) is 13.8. The lowest BCUT2D eigenvalue weighted by molar-refractivity contribution is -0.140. The number of piperazine rings is 1. The van der Waals surface area contributed by atoms with Crippen molar-refractivity contribution < 1.29 is 32.3 Å². The van der Waals surface area contributed by atoms with Crippen molar-refractivity contribution in [3.63, 3.8) is 0 Å². The number of carbonyl (C=O) groups excluding carboxylic acids is 3. The van der Waals surface area contributed by atoms with Gasteiger partial charge in [-0.1, -0.05) is 38.1 Å². The van der Waals surface area contributed by atoms with E-state index in [9.17, 15) is 22.8 Å². The van der Waals surface area contributed by atoms with Gasteiger partial charge in [-0.25, -0.2) is 8.42 Å². The van der Waals surface area contributed by atoms with Gasteiger partial charge in [-0.2, -0.15) is 4.31 Å². The van der Waals surface area contributed by atoms with E-state index < -0.39 is 27.9 Å². The number of amides is 2. The zero-order chi connectivity index (χ0) is 28.0. The highest BCUT2D eigenvalue weighted by Gasteiger charge is 2.41. The molecule has 1 unspecified atom stereocenters. The molecule has 2 aromatic carbocycles. The molecule has 0 spiro atoms. The van der Waals surface area contributed by atoms with Gasteiger partial charge in [-0.15, -0.1) is 0 Å². The molecule has 1 saturated heterocycles. The van der Waals surface area contributed by atoms with E-state index in [1.54, 1.807) is 0 Å². The summed E-state index contributed by atoms with van der Waals surface area (Å²) in [6.07, 6.45) is -0.180. The van der Waals surface area contributed by atoms with Crippen LogP contribution in [0.1, 0.15) is 43.4 Å². The molecule has 2 amide bonds. The van der Waals surface area contributed by atoms with Gasteiger partial charge < -0.3 is 19.7 Å². The van der Waals surface area contributed by atoms with E-state index >= 15 is 0 Å². The van der Waals surface area contributed by atoms with Crippen LogP contribution >= 0.6 is 0 Å². The predicted octanol–water partition coefficient (Wildman–Crippen LogP) is 2.07. The predicted molar refractivity (Wildman–Crippen MR) is 141 cm³/mol. The van der Waals surface area contributed by atoms with Gasteiger partial charge in [0.25, 0.3) is 0 Å². The van der Waals surface area contributed by atoms with Crippen molar-refractivity contribution in [1.29, 1.82) is 0 Å². The van der Waals surface area contributed by atoms with E-state index in [2.05, 4.69) is 19.2 Å². The summed E-state index contributed by atoms with van der Waals surface area (Å²) in [4.78, 5) is 38.6. The number of hydrogen-bond acceptors (Lipinski definition) is 7. The molecule has 206 valence electrons. The van der Waals surface area contributed by atoms with Gasteiger partial charge in [0.1, 0.15) is 11.8 Å². The van der Waals surface area contributed by atoms with Crippen LogP contribution in [0.15, 0.2) is 47.4 Å². The Hall–Kier alpha value is -3.44. The topological polar surface area (TPSA) is 122 Å². The first kappa shape index (κ1) is 29.1. The molecule has 38 heavy (non-hydrogen) atoms. The lowest BCUT2D eigenvalue weighted by atomic mass is 10.0. The number of esters is 1. The van der Waals surface area contributed by atoms with Crippen LogP contribution in [0.4, 0.5) is 0 Å². The van der Waals surface area contributed by atoms with E-state index in [0.717, 1.165) is 9.87 Å². The molecule has 1 aliphatic rings. The van der Waals surface area contributed by atoms with Crippen molar-refractivity contribution in [1.82, 2.24) is 14.5 Å². The Bertz CT molecular complexity index is 1280. The van der Waals surface area contributed by atoms with Crippen LogP contribution in [0.2, 0.25) is 0 Å². The van der Waals surface area contributed by atoms with Crippen LogP contribution in [0.3, 0.4) is 0 Å². The number of methoxy groups -OCH3 is 2. The number of rotatable bonds is 9. The van der Waals surface area contributed by atoms with Crippen molar-refractivity contribution in [2.75, 3.05) is 33.9 Å². The molecule has 0 saturated carbocycles. The van der Waals surface area contributed by atoms with E-state index in [0.29, 0.717) is 17.2 Å². The summed E-state index contributed by atoms with van der Waals surface area (Å²) in [5, 5.41) is 2.83. The Balaban J connectivity index is 1.88. The Morgan fingerprint density at radius 2 is 1.74 bits per heavy atom.